The number of aromatic nitrogens is 1. The first kappa shape index (κ1) is 9.99. The monoisotopic (exact) mass is 180 g/mol. The van der Waals surface area contributed by atoms with Crippen molar-refractivity contribution in [1.82, 2.24) is 4.98 Å². The van der Waals surface area contributed by atoms with Gasteiger partial charge in [-0.25, -0.2) is 0 Å². The molecule has 3 nitrogen and oxygen atoms in total. The van der Waals surface area contributed by atoms with E-state index in [1.54, 1.807) is 12.4 Å². The highest BCUT2D eigenvalue weighted by atomic mass is 16.3. The lowest BCUT2D eigenvalue weighted by Crippen LogP contribution is -2.18. The van der Waals surface area contributed by atoms with E-state index in [0.29, 0.717) is 6.54 Å². The van der Waals surface area contributed by atoms with Crippen LogP contribution in [0.1, 0.15) is 18.9 Å². The molecular weight excluding hydrogens is 164 g/mol. The van der Waals surface area contributed by atoms with Crippen LogP contribution in [0.25, 0.3) is 0 Å². The fourth-order valence-corrected chi connectivity index (χ4v) is 1.04. The molecule has 3 heteroatoms. The third-order valence-electron chi connectivity index (χ3n) is 2.02. The molecule has 1 atom stereocenters. The van der Waals surface area contributed by atoms with E-state index in [2.05, 4.69) is 10.3 Å². The summed E-state index contributed by atoms with van der Waals surface area (Å²) < 4.78 is 0. The Hall–Kier alpha value is -1.09. The van der Waals surface area contributed by atoms with Crippen molar-refractivity contribution in [3.8, 4) is 0 Å². The van der Waals surface area contributed by atoms with Crippen LogP contribution in [-0.4, -0.2) is 22.7 Å². The van der Waals surface area contributed by atoms with Crippen molar-refractivity contribution in [2.24, 2.45) is 0 Å². The largest absolute Gasteiger partial charge is 0.391 e. The maximum atomic E-state index is 9.33. The van der Waals surface area contributed by atoms with Crippen LogP contribution in [0.3, 0.4) is 0 Å². The summed E-state index contributed by atoms with van der Waals surface area (Å²) in [4.78, 5) is 3.99. The molecule has 0 spiro atoms. The average Bonchev–Trinajstić information content (AvgIpc) is 2.16. The van der Waals surface area contributed by atoms with Crippen molar-refractivity contribution >= 4 is 5.69 Å². The predicted octanol–water partition coefficient (Wildman–Crippen LogP) is 1.57. The SMILES string of the molecule is CC[C@H](O)CNc1ccncc1C. The molecule has 1 aromatic heterocycles. The smallest absolute Gasteiger partial charge is 0.0709 e. The molecule has 0 unspecified atom stereocenters. The van der Waals surface area contributed by atoms with E-state index in [9.17, 15) is 5.11 Å². The number of hydrogen-bond donors (Lipinski definition) is 2. The highest BCUT2D eigenvalue weighted by molar-refractivity contribution is 5.48. The van der Waals surface area contributed by atoms with Crippen LogP contribution < -0.4 is 5.32 Å². The number of nitrogens with one attached hydrogen (secondary N) is 1. The highest BCUT2D eigenvalue weighted by Gasteiger charge is 2.01. The Morgan fingerprint density at radius 1 is 1.62 bits per heavy atom. The van der Waals surface area contributed by atoms with Crippen molar-refractivity contribution in [3.05, 3.63) is 24.0 Å². The number of nitrogens with zero attached hydrogens (tertiary/aromatic N) is 1. The van der Waals surface area contributed by atoms with Gasteiger partial charge in [-0.05, 0) is 25.0 Å². The summed E-state index contributed by atoms with van der Waals surface area (Å²) in [7, 11) is 0. The molecule has 0 saturated heterocycles. The van der Waals surface area contributed by atoms with Crippen LogP contribution in [-0.2, 0) is 0 Å². The Morgan fingerprint density at radius 2 is 2.38 bits per heavy atom. The number of aliphatic hydroxyl groups is 1. The van der Waals surface area contributed by atoms with Gasteiger partial charge in [0.05, 0.1) is 6.10 Å². The van der Waals surface area contributed by atoms with Crippen molar-refractivity contribution < 1.29 is 5.11 Å². The van der Waals surface area contributed by atoms with Crippen LogP contribution in [0.5, 0.6) is 0 Å². The van der Waals surface area contributed by atoms with Crippen LogP contribution >= 0.6 is 0 Å². The lowest BCUT2D eigenvalue weighted by Gasteiger charge is -2.11. The predicted molar refractivity (Wildman–Crippen MR) is 53.8 cm³/mol. The second kappa shape index (κ2) is 4.82. The number of anilines is 1. The molecular formula is C10H16N2O. The molecule has 0 aliphatic heterocycles. The molecule has 0 radical (unpaired) electrons. The number of aliphatic hydroxyl groups excluding tert-OH is 1. The molecule has 72 valence electrons. The molecule has 1 aromatic rings. The van der Waals surface area contributed by atoms with E-state index in [1.165, 1.54) is 0 Å². The third-order valence-corrected chi connectivity index (χ3v) is 2.02. The molecule has 0 saturated carbocycles. The molecule has 0 aliphatic carbocycles. The van der Waals surface area contributed by atoms with Crippen LogP contribution in [0.4, 0.5) is 5.69 Å². The number of hydrogen-bond acceptors (Lipinski definition) is 3. The van der Waals surface area contributed by atoms with Gasteiger partial charge in [0.25, 0.3) is 0 Å². The molecule has 0 amide bonds. The highest BCUT2D eigenvalue weighted by Crippen LogP contribution is 2.11. The Bertz CT molecular complexity index is 263. The minimum Gasteiger partial charge on any atom is -0.391 e. The number of pyridine rings is 1. The zero-order chi connectivity index (χ0) is 9.68. The Kier molecular flexibility index (Phi) is 3.71. The van der Waals surface area contributed by atoms with Crippen molar-refractivity contribution in [3.63, 3.8) is 0 Å². The first-order chi connectivity index (χ1) is 6.24. The number of aryl methyl sites for hydroxylation is 1. The normalized spacial score (nSPS) is 12.5. The molecule has 0 aliphatic rings. The summed E-state index contributed by atoms with van der Waals surface area (Å²) in [5.41, 5.74) is 2.15. The first-order valence-corrected chi connectivity index (χ1v) is 4.56. The quantitative estimate of drug-likeness (QED) is 0.739. The zero-order valence-corrected chi connectivity index (χ0v) is 8.12. The Balaban J connectivity index is 2.50. The molecule has 0 fully saturated rings. The molecule has 1 heterocycles. The van der Waals surface area contributed by atoms with Gasteiger partial charge in [-0.3, -0.25) is 4.98 Å². The van der Waals surface area contributed by atoms with Crippen LogP contribution in [0.15, 0.2) is 18.5 Å². The van der Waals surface area contributed by atoms with Gasteiger partial charge in [0.2, 0.25) is 0 Å². The van der Waals surface area contributed by atoms with Gasteiger partial charge < -0.3 is 10.4 Å². The van der Waals surface area contributed by atoms with Crippen molar-refractivity contribution in [2.45, 2.75) is 26.4 Å². The summed E-state index contributed by atoms with van der Waals surface area (Å²) in [6.07, 6.45) is 4.05. The fourth-order valence-electron chi connectivity index (χ4n) is 1.04. The van der Waals surface area contributed by atoms with E-state index in [1.807, 2.05) is 19.9 Å². The fraction of sp³-hybridized carbons (Fsp3) is 0.500. The van der Waals surface area contributed by atoms with Gasteiger partial charge in [-0.15, -0.1) is 0 Å². The van der Waals surface area contributed by atoms with Gasteiger partial charge in [0.15, 0.2) is 0 Å². The van der Waals surface area contributed by atoms with E-state index < -0.39 is 0 Å². The van der Waals surface area contributed by atoms with E-state index in [0.717, 1.165) is 17.7 Å². The van der Waals surface area contributed by atoms with Crippen molar-refractivity contribution in [1.29, 1.82) is 0 Å². The second-order valence-electron chi connectivity index (χ2n) is 3.13. The molecule has 2 N–H and O–H groups in total. The molecule has 0 aromatic carbocycles. The third kappa shape index (κ3) is 3.03. The second-order valence-corrected chi connectivity index (χ2v) is 3.13. The topological polar surface area (TPSA) is 45.1 Å². The average molecular weight is 180 g/mol. The van der Waals surface area contributed by atoms with E-state index in [-0.39, 0.29) is 6.10 Å². The van der Waals surface area contributed by atoms with Gasteiger partial charge in [0, 0.05) is 24.6 Å². The zero-order valence-electron chi connectivity index (χ0n) is 8.12. The minimum absolute atomic E-state index is 0.271. The van der Waals surface area contributed by atoms with E-state index in [4.69, 9.17) is 0 Å². The maximum Gasteiger partial charge on any atom is 0.0709 e. The summed E-state index contributed by atoms with van der Waals surface area (Å²) in [6, 6.07) is 1.91. The lowest BCUT2D eigenvalue weighted by molar-refractivity contribution is 0.183. The molecule has 13 heavy (non-hydrogen) atoms. The Morgan fingerprint density at radius 3 is 3.00 bits per heavy atom. The summed E-state index contributed by atoms with van der Waals surface area (Å²) in [5, 5.41) is 12.5. The summed E-state index contributed by atoms with van der Waals surface area (Å²) >= 11 is 0. The van der Waals surface area contributed by atoms with Gasteiger partial charge in [-0.1, -0.05) is 6.92 Å². The first-order valence-electron chi connectivity index (χ1n) is 4.56. The lowest BCUT2D eigenvalue weighted by atomic mass is 10.2. The van der Waals surface area contributed by atoms with Crippen molar-refractivity contribution in [2.75, 3.05) is 11.9 Å². The van der Waals surface area contributed by atoms with Gasteiger partial charge in [0.1, 0.15) is 0 Å². The van der Waals surface area contributed by atoms with Gasteiger partial charge in [-0.2, -0.15) is 0 Å². The summed E-state index contributed by atoms with van der Waals surface area (Å²) in [6.45, 7) is 4.56. The minimum atomic E-state index is -0.271. The molecule has 1 rings (SSSR count). The van der Waals surface area contributed by atoms with Crippen LogP contribution in [0, 0.1) is 6.92 Å². The number of rotatable bonds is 4. The van der Waals surface area contributed by atoms with E-state index >= 15 is 0 Å². The molecule has 0 bridgehead atoms. The van der Waals surface area contributed by atoms with Crippen LogP contribution in [0.2, 0.25) is 0 Å². The standard InChI is InChI=1S/C10H16N2O/c1-3-9(13)7-12-10-4-5-11-6-8(10)2/h4-6,9,13H,3,7H2,1-2H3,(H,11,12)/t9-/m0/s1. The van der Waals surface area contributed by atoms with Gasteiger partial charge >= 0.3 is 0 Å². The Labute approximate surface area is 78.8 Å². The summed E-state index contributed by atoms with van der Waals surface area (Å²) in [5.74, 6) is 0. The maximum absolute atomic E-state index is 9.33.